The van der Waals surface area contributed by atoms with E-state index in [1.54, 1.807) is 0 Å². The number of aryl methyl sites for hydroxylation is 4. The molecule has 57 heavy (non-hydrogen) atoms. The van der Waals surface area contributed by atoms with Crippen LogP contribution in [0.15, 0.2) is 47.6 Å². The summed E-state index contributed by atoms with van der Waals surface area (Å²) in [5.41, 5.74) is 9.26. The zero-order chi connectivity index (χ0) is 43.6. The van der Waals surface area contributed by atoms with Crippen LogP contribution in [0.4, 0.5) is 8.78 Å². The van der Waals surface area contributed by atoms with Crippen LogP contribution in [0.25, 0.3) is 11.1 Å². The minimum atomic E-state index is -2.93. The van der Waals surface area contributed by atoms with Gasteiger partial charge in [-0.05, 0) is 144 Å². The van der Waals surface area contributed by atoms with E-state index >= 15 is 0 Å². The zero-order valence-electron chi connectivity index (χ0n) is 36.9. The van der Waals surface area contributed by atoms with E-state index < -0.39 is 17.7 Å². The van der Waals surface area contributed by atoms with E-state index in [0.717, 1.165) is 54.9 Å². The number of carboxylic acids is 1. The van der Waals surface area contributed by atoms with Gasteiger partial charge in [0.2, 0.25) is 0 Å². The Labute approximate surface area is 341 Å². The molecule has 5 rings (SSSR count). The summed E-state index contributed by atoms with van der Waals surface area (Å²) >= 11 is 0. The first kappa shape index (κ1) is 51.2. The Kier molecular flexibility index (Phi) is 22.3. The number of ketones is 1. The van der Waals surface area contributed by atoms with Gasteiger partial charge in [-0.3, -0.25) is 19.3 Å². The molecule has 3 heterocycles. The number of morpholine rings is 1. The molecule has 0 saturated carbocycles. The van der Waals surface area contributed by atoms with Crippen molar-refractivity contribution >= 4 is 24.3 Å². The third-order valence-electron chi connectivity index (χ3n) is 10.4. The van der Waals surface area contributed by atoms with Gasteiger partial charge in [0.05, 0.1) is 24.2 Å². The van der Waals surface area contributed by atoms with Crippen LogP contribution in [0, 0.1) is 46.5 Å². The molecule has 2 aromatic carbocycles. The second-order valence-electron chi connectivity index (χ2n) is 16.1. The molecule has 0 aromatic heterocycles. The second kappa shape index (κ2) is 24.8. The Morgan fingerprint density at radius 1 is 0.965 bits per heavy atom. The highest BCUT2D eigenvalue weighted by molar-refractivity contribution is 6.10. The van der Waals surface area contributed by atoms with Gasteiger partial charge in [-0.15, -0.1) is 0 Å². The fourth-order valence-electron chi connectivity index (χ4n) is 7.03. The van der Waals surface area contributed by atoms with Crippen LogP contribution in [0.2, 0.25) is 0 Å². The van der Waals surface area contributed by atoms with E-state index in [0.29, 0.717) is 30.3 Å². The lowest BCUT2D eigenvalue weighted by molar-refractivity contribution is -0.180. The highest BCUT2D eigenvalue weighted by Gasteiger charge is 2.37. The summed E-state index contributed by atoms with van der Waals surface area (Å²) in [6.45, 7) is 25.9. The average molecular weight is 797 g/mol. The van der Waals surface area contributed by atoms with Gasteiger partial charge in [-0.2, -0.15) is 0 Å². The van der Waals surface area contributed by atoms with Crippen LogP contribution in [-0.2, 0) is 23.9 Å². The molecule has 2 bridgehead atoms. The SMILES string of the molecule is CC(=O)/C(C=O)=C\C=C(/C)C(C)(F)F.CCCN1CC2CC(C1)O2.CC[C@H](C=O)CC(C)C.CNC(CC(=O)O)c1cc(-c2c(C)cc(C)cc2C)cc(C)c1C. The highest BCUT2D eigenvalue weighted by atomic mass is 19.3. The first-order valence-electron chi connectivity index (χ1n) is 20.3. The molecule has 8 nitrogen and oxygen atoms in total. The van der Waals surface area contributed by atoms with Gasteiger partial charge in [0.15, 0.2) is 12.1 Å². The Morgan fingerprint density at radius 2 is 1.53 bits per heavy atom. The molecule has 0 radical (unpaired) electrons. The summed E-state index contributed by atoms with van der Waals surface area (Å²) in [6.07, 6.45) is 9.47. The molecule has 0 amide bonds. The van der Waals surface area contributed by atoms with Crippen LogP contribution in [0.1, 0.15) is 120 Å². The average Bonchev–Trinajstić information content (AvgIpc) is 3.10. The van der Waals surface area contributed by atoms with E-state index in [2.05, 4.69) is 96.8 Å². The first-order valence-corrected chi connectivity index (χ1v) is 20.3. The number of allylic oxidation sites excluding steroid dienone is 4. The Morgan fingerprint density at radius 3 is 1.91 bits per heavy atom. The zero-order valence-corrected chi connectivity index (χ0v) is 36.9. The lowest BCUT2D eigenvalue weighted by atomic mass is 9.87. The number of alkyl halides is 2. The van der Waals surface area contributed by atoms with E-state index in [-0.39, 0.29) is 23.6 Å². The van der Waals surface area contributed by atoms with Crippen molar-refractivity contribution < 1.29 is 37.8 Å². The molecule has 3 aliphatic heterocycles. The molecule has 318 valence electrons. The number of ether oxygens (including phenoxy) is 1. The number of fused-ring (bicyclic) bond motifs is 2. The van der Waals surface area contributed by atoms with E-state index in [1.807, 2.05) is 7.05 Å². The number of benzene rings is 2. The molecular weight excluding hydrogens is 727 g/mol. The number of carbonyl (C=O) groups is 4. The fraction of sp³-hybridized carbons (Fsp3) is 0.574. The number of nitrogens with one attached hydrogen (secondary N) is 1. The lowest BCUT2D eigenvalue weighted by Crippen LogP contribution is -2.57. The van der Waals surface area contributed by atoms with Crippen molar-refractivity contribution in [3.05, 3.63) is 80.9 Å². The molecule has 3 unspecified atom stereocenters. The number of carbonyl (C=O) groups excluding carboxylic acids is 3. The predicted molar refractivity (Wildman–Crippen MR) is 228 cm³/mol. The normalized spacial score (nSPS) is 17.7. The van der Waals surface area contributed by atoms with Crippen molar-refractivity contribution in [3.63, 3.8) is 0 Å². The van der Waals surface area contributed by atoms with Crippen molar-refractivity contribution in [2.24, 2.45) is 11.8 Å². The highest BCUT2D eigenvalue weighted by Crippen LogP contribution is 2.34. The molecule has 3 saturated heterocycles. The van der Waals surface area contributed by atoms with Crippen LogP contribution >= 0.6 is 0 Å². The maximum absolute atomic E-state index is 12.6. The van der Waals surface area contributed by atoms with Gasteiger partial charge in [-0.25, -0.2) is 8.78 Å². The molecule has 0 spiro atoms. The van der Waals surface area contributed by atoms with Gasteiger partial charge >= 0.3 is 5.97 Å². The smallest absolute Gasteiger partial charge is 0.305 e. The number of hydrogen-bond donors (Lipinski definition) is 2. The largest absolute Gasteiger partial charge is 0.481 e. The number of piperidine rings is 1. The Hall–Kier alpha value is -3.86. The molecule has 3 aliphatic rings. The summed E-state index contributed by atoms with van der Waals surface area (Å²) in [7, 11) is 1.82. The van der Waals surface area contributed by atoms with Crippen molar-refractivity contribution in [2.75, 3.05) is 26.7 Å². The molecule has 4 atom stereocenters. The minimum Gasteiger partial charge on any atom is -0.481 e. The van der Waals surface area contributed by atoms with E-state index in [4.69, 9.17) is 4.74 Å². The van der Waals surface area contributed by atoms with Gasteiger partial charge < -0.3 is 20.0 Å². The van der Waals surface area contributed by atoms with Crippen molar-refractivity contribution in [1.82, 2.24) is 10.2 Å². The van der Waals surface area contributed by atoms with Crippen LogP contribution in [0.5, 0.6) is 0 Å². The number of aliphatic carboxylic acids is 1. The summed E-state index contributed by atoms with van der Waals surface area (Å²) in [5.74, 6) is -3.21. The summed E-state index contributed by atoms with van der Waals surface area (Å²) < 4.78 is 30.7. The van der Waals surface area contributed by atoms with Gasteiger partial charge in [-0.1, -0.05) is 57.5 Å². The molecule has 2 N–H and O–H groups in total. The van der Waals surface area contributed by atoms with Gasteiger partial charge in [0.1, 0.15) is 6.29 Å². The van der Waals surface area contributed by atoms with E-state index in [9.17, 15) is 33.1 Å². The predicted octanol–water partition coefficient (Wildman–Crippen LogP) is 10.1. The van der Waals surface area contributed by atoms with Gasteiger partial charge in [0, 0.05) is 38.4 Å². The van der Waals surface area contributed by atoms with Crippen molar-refractivity contribution in [2.45, 2.75) is 139 Å². The summed E-state index contributed by atoms with van der Waals surface area (Å²) in [5, 5.41) is 12.4. The maximum Gasteiger partial charge on any atom is 0.305 e. The summed E-state index contributed by atoms with van der Waals surface area (Å²) in [4.78, 5) is 45.0. The molecule has 2 aromatic rings. The molecule has 0 aliphatic carbocycles. The summed E-state index contributed by atoms with van der Waals surface area (Å²) in [6, 6.07) is 8.56. The van der Waals surface area contributed by atoms with Crippen LogP contribution in [0.3, 0.4) is 0 Å². The van der Waals surface area contributed by atoms with Crippen molar-refractivity contribution in [3.8, 4) is 11.1 Å². The molecular formula is C47H70F2N2O6. The van der Waals surface area contributed by atoms with Crippen LogP contribution < -0.4 is 5.32 Å². The third-order valence-corrected chi connectivity index (χ3v) is 10.4. The van der Waals surface area contributed by atoms with Gasteiger partial charge in [0.25, 0.3) is 5.92 Å². The monoisotopic (exact) mass is 797 g/mol. The number of hydrogen-bond acceptors (Lipinski definition) is 7. The maximum atomic E-state index is 12.6. The number of aldehydes is 2. The second-order valence-corrected chi connectivity index (χ2v) is 16.1. The third kappa shape index (κ3) is 17.7. The Balaban J connectivity index is 0.000000416. The molecule has 10 heteroatoms. The fourth-order valence-corrected chi connectivity index (χ4v) is 7.03. The molecule has 3 fully saturated rings. The number of halogens is 2. The Bertz CT molecular complexity index is 1650. The number of Topliss-reactive ketones (excluding diaryl/α,β-unsaturated/α-hetero) is 1. The topological polar surface area (TPSA) is 113 Å². The van der Waals surface area contributed by atoms with Crippen LogP contribution in [-0.4, -0.2) is 79.1 Å². The minimum absolute atomic E-state index is 0.0755. The first-order chi connectivity index (χ1) is 26.6. The number of carboxylic acid groups (broad SMARTS) is 1. The number of rotatable bonds is 15. The van der Waals surface area contributed by atoms with E-state index in [1.165, 1.54) is 74.1 Å². The quantitative estimate of drug-likeness (QED) is 0.0603. The lowest BCUT2D eigenvalue weighted by Gasteiger charge is -2.47. The standard InChI is InChI=1S/C21H27NO2.C10H12F2O2.C8H15NO.C8H16O/c1-12-7-14(3)21(15(4)8-12)17-9-13(2)16(5)18(10-17)19(22-6)11-20(23)24;1-7(10(3,11)12)4-5-9(6-13)8(2)14;1-2-3-9-5-7-4-8(6-9)10-7;1-4-8(6-9)5-7(2)3/h7-10,19,22H,11H2,1-6H3,(H,23,24);4-6H,1-3H3;7-8H,2-6H2,1H3;6-8H,4-5H2,1-3H3/b;7-4+,9-5-;;/t;;;8-/m...0/s1. The number of nitrogens with zero attached hydrogens (tertiary/aromatic N) is 1. The van der Waals surface area contributed by atoms with Crippen molar-refractivity contribution in [1.29, 1.82) is 0 Å².